The minimum absolute atomic E-state index is 0.0436. The molecule has 146 valence electrons. The van der Waals surface area contributed by atoms with Gasteiger partial charge in [-0.05, 0) is 30.9 Å². The molecule has 3 aliphatic carbocycles. The third-order valence-corrected chi connectivity index (χ3v) is 8.19. The van der Waals surface area contributed by atoms with Gasteiger partial charge in [0.15, 0.2) is 11.6 Å². The predicted molar refractivity (Wildman–Crippen MR) is 90.9 cm³/mol. The van der Waals surface area contributed by atoms with Crippen LogP contribution < -0.4 is 0 Å². The van der Waals surface area contributed by atoms with E-state index in [1.807, 2.05) is 6.92 Å². The van der Waals surface area contributed by atoms with Crippen molar-refractivity contribution in [3.8, 4) is 0 Å². The lowest BCUT2D eigenvalue weighted by Crippen LogP contribution is -2.74. The molecule has 7 nitrogen and oxygen atoms in total. The Kier molecular flexibility index (Phi) is 3.18. The molecule has 0 aromatic rings. The second kappa shape index (κ2) is 4.89. The lowest BCUT2D eigenvalue weighted by molar-refractivity contribution is -0.305. The third kappa shape index (κ3) is 1.69. The normalized spacial score (nSPS) is 56.2. The Labute approximate surface area is 156 Å². The van der Waals surface area contributed by atoms with E-state index in [0.717, 1.165) is 5.57 Å². The first-order valence-corrected chi connectivity index (χ1v) is 9.41. The summed E-state index contributed by atoms with van der Waals surface area (Å²) in [5.74, 6) is -4.25. The Bertz CT molecular complexity index is 817. The van der Waals surface area contributed by atoms with Crippen LogP contribution in [0.25, 0.3) is 0 Å². The SMILES string of the molecule is C=C1[C@@H](O)[C@@]2(O)OC[C@@]34[C@H]2[C@]2(C)[C@H](O)C(=O)C=C(C)[C@@H]2C[C@H]3OC(=O)C[C@@H]14. The molecule has 5 rings (SSSR count). The van der Waals surface area contributed by atoms with E-state index in [2.05, 4.69) is 6.58 Å². The molecule has 3 N–H and O–H groups in total. The first-order valence-electron chi connectivity index (χ1n) is 9.41. The molecular weight excluding hydrogens is 352 g/mol. The Morgan fingerprint density at radius 2 is 1.93 bits per heavy atom. The maximum Gasteiger partial charge on any atom is 0.306 e. The molecule has 0 amide bonds. The van der Waals surface area contributed by atoms with Crippen LogP contribution in [-0.2, 0) is 19.1 Å². The topological polar surface area (TPSA) is 113 Å². The summed E-state index contributed by atoms with van der Waals surface area (Å²) in [5, 5.41) is 33.3. The van der Waals surface area contributed by atoms with Gasteiger partial charge >= 0.3 is 5.97 Å². The minimum Gasteiger partial charge on any atom is -0.462 e. The molecule has 27 heavy (non-hydrogen) atoms. The van der Waals surface area contributed by atoms with E-state index in [1.54, 1.807) is 6.92 Å². The van der Waals surface area contributed by atoms with E-state index >= 15 is 0 Å². The summed E-state index contributed by atoms with van der Waals surface area (Å²) in [7, 11) is 0. The van der Waals surface area contributed by atoms with Gasteiger partial charge in [0.05, 0.1) is 13.0 Å². The van der Waals surface area contributed by atoms with Gasteiger partial charge in [-0.1, -0.05) is 19.1 Å². The molecule has 2 aliphatic heterocycles. The lowest BCUT2D eigenvalue weighted by atomic mass is 9.39. The van der Waals surface area contributed by atoms with Crippen molar-refractivity contribution in [1.82, 2.24) is 0 Å². The van der Waals surface area contributed by atoms with E-state index in [9.17, 15) is 24.9 Å². The zero-order chi connectivity index (χ0) is 19.5. The highest BCUT2D eigenvalue weighted by molar-refractivity contribution is 5.96. The number of hydrogen-bond acceptors (Lipinski definition) is 7. The Morgan fingerprint density at radius 3 is 2.63 bits per heavy atom. The van der Waals surface area contributed by atoms with Crippen LogP contribution in [0.2, 0.25) is 0 Å². The average molecular weight is 376 g/mol. The van der Waals surface area contributed by atoms with E-state index < -0.39 is 52.5 Å². The monoisotopic (exact) mass is 376 g/mol. The fourth-order valence-electron chi connectivity index (χ4n) is 7.14. The number of aliphatic hydroxyl groups is 3. The number of aliphatic hydroxyl groups excluding tert-OH is 2. The van der Waals surface area contributed by atoms with Gasteiger partial charge in [0.1, 0.15) is 18.3 Å². The molecule has 0 aromatic heterocycles. The van der Waals surface area contributed by atoms with Gasteiger partial charge in [-0.2, -0.15) is 0 Å². The molecule has 1 spiro atoms. The smallest absolute Gasteiger partial charge is 0.306 e. The summed E-state index contributed by atoms with van der Waals surface area (Å²) >= 11 is 0. The van der Waals surface area contributed by atoms with Crippen molar-refractivity contribution in [3.63, 3.8) is 0 Å². The van der Waals surface area contributed by atoms with Crippen molar-refractivity contribution in [3.05, 3.63) is 23.8 Å². The Balaban J connectivity index is 1.79. The van der Waals surface area contributed by atoms with Crippen molar-refractivity contribution >= 4 is 11.8 Å². The molecule has 0 unspecified atom stereocenters. The number of ether oxygens (including phenoxy) is 2. The van der Waals surface area contributed by atoms with Crippen molar-refractivity contribution < 1.29 is 34.4 Å². The van der Waals surface area contributed by atoms with Crippen LogP contribution in [0.15, 0.2) is 23.8 Å². The first-order chi connectivity index (χ1) is 12.6. The number of rotatable bonds is 0. The van der Waals surface area contributed by atoms with Crippen LogP contribution >= 0.6 is 0 Å². The summed E-state index contributed by atoms with van der Waals surface area (Å²) in [5.41, 5.74) is -0.730. The van der Waals surface area contributed by atoms with Crippen molar-refractivity contribution in [2.24, 2.45) is 28.6 Å². The molecule has 0 aromatic carbocycles. The summed E-state index contributed by atoms with van der Waals surface area (Å²) in [6.07, 6.45) is -1.36. The van der Waals surface area contributed by atoms with Crippen LogP contribution in [0.3, 0.4) is 0 Å². The number of ketones is 1. The third-order valence-electron chi connectivity index (χ3n) is 8.19. The maximum absolute atomic E-state index is 12.5. The zero-order valence-corrected chi connectivity index (χ0v) is 15.3. The predicted octanol–water partition coefficient (Wildman–Crippen LogP) is 0.0863. The summed E-state index contributed by atoms with van der Waals surface area (Å²) in [4.78, 5) is 24.8. The van der Waals surface area contributed by atoms with Crippen LogP contribution in [0.4, 0.5) is 0 Å². The summed E-state index contributed by atoms with van der Waals surface area (Å²) < 4.78 is 11.5. The highest BCUT2D eigenvalue weighted by Crippen LogP contribution is 2.73. The summed E-state index contributed by atoms with van der Waals surface area (Å²) in [6, 6.07) is 0. The molecule has 7 heteroatoms. The molecule has 2 saturated carbocycles. The standard InChI is InChI=1S/C20H24O7/c1-8-4-12(21)16(24)18(3)10(8)5-13-19-7-26-20(25,17(18)19)15(23)9(2)11(19)6-14(22)27-13/h4,10-11,13,15-17,23-25H,2,5-7H2,1,3H3/t10-,11-,13+,15+,16+,17+,18-,19-,20+/m0/s1. The second-order valence-corrected chi connectivity index (χ2v) is 9.15. The number of carbonyl (C=O) groups is 2. The lowest BCUT2D eigenvalue weighted by Gasteiger charge is -2.66. The van der Waals surface area contributed by atoms with E-state index in [0.29, 0.717) is 12.0 Å². The minimum atomic E-state index is -1.98. The first kappa shape index (κ1) is 17.6. The zero-order valence-electron chi connectivity index (χ0n) is 15.3. The van der Waals surface area contributed by atoms with Gasteiger partial charge in [0, 0.05) is 22.7 Å². The van der Waals surface area contributed by atoms with Gasteiger partial charge in [-0.3, -0.25) is 9.59 Å². The quantitative estimate of drug-likeness (QED) is 0.405. The number of esters is 1. The summed E-state index contributed by atoms with van der Waals surface area (Å²) in [6.45, 7) is 7.64. The number of allylic oxidation sites excluding steroid dienone is 1. The van der Waals surface area contributed by atoms with Crippen LogP contribution in [-0.4, -0.2) is 57.8 Å². The Hall–Kier alpha value is -1.54. The van der Waals surface area contributed by atoms with Crippen LogP contribution in [0, 0.1) is 28.6 Å². The largest absolute Gasteiger partial charge is 0.462 e. The van der Waals surface area contributed by atoms with E-state index in [4.69, 9.17) is 9.47 Å². The highest BCUT2D eigenvalue weighted by atomic mass is 16.6. The number of hydrogen-bond donors (Lipinski definition) is 3. The van der Waals surface area contributed by atoms with Crippen molar-refractivity contribution in [2.75, 3.05) is 6.61 Å². The van der Waals surface area contributed by atoms with Crippen LogP contribution in [0.5, 0.6) is 0 Å². The molecule has 2 heterocycles. The molecule has 0 radical (unpaired) electrons. The highest BCUT2D eigenvalue weighted by Gasteiger charge is 2.81. The van der Waals surface area contributed by atoms with E-state index in [1.165, 1.54) is 6.08 Å². The van der Waals surface area contributed by atoms with Crippen molar-refractivity contribution in [2.45, 2.75) is 50.8 Å². The van der Waals surface area contributed by atoms with Crippen LogP contribution in [0.1, 0.15) is 26.7 Å². The van der Waals surface area contributed by atoms with Gasteiger partial charge in [-0.25, -0.2) is 0 Å². The molecule has 2 saturated heterocycles. The average Bonchev–Trinajstić information content (AvgIpc) is 2.90. The Morgan fingerprint density at radius 1 is 1.22 bits per heavy atom. The van der Waals surface area contributed by atoms with Gasteiger partial charge in [0.25, 0.3) is 0 Å². The second-order valence-electron chi connectivity index (χ2n) is 9.15. The number of carbonyl (C=O) groups excluding carboxylic acids is 2. The van der Waals surface area contributed by atoms with Crippen molar-refractivity contribution in [1.29, 1.82) is 0 Å². The van der Waals surface area contributed by atoms with E-state index in [-0.39, 0.29) is 24.9 Å². The van der Waals surface area contributed by atoms with Gasteiger partial charge in [-0.15, -0.1) is 0 Å². The molecule has 2 bridgehead atoms. The van der Waals surface area contributed by atoms with Gasteiger partial charge in [0.2, 0.25) is 0 Å². The maximum atomic E-state index is 12.5. The van der Waals surface area contributed by atoms with Gasteiger partial charge < -0.3 is 24.8 Å². The molecule has 5 aliphatic rings. The molecule has 9 atom stereocenters. The number of fused-ring (bicyclic) bond motifs is 1. The molecular formula is C20H24O7. The fourth-order valence-corrected chi connectivity index (χ4v) is 7.14. The fraction of sp³-hybridized carbons (Fsp3) is 0.700. The molecule has 4 fully saturated rings.